The molecule has 4 nitrogen and oxygen atoms in total. The molecule has 0 bridgehead atoms. The van der Waals surface area contributed by atoms with Crippen LogP contribution in [0.1, 0.15) is 17.0 Å². The van der Waals surface area contributed by atoms with Crippen molar-refractivity contribution in [2.45, 2.75) is 29.8 Å². The summed E-state index contributed by atoms with van der Waals surface area (Å²) in [6.45, 7) is 3.97. The van der Waals surface area contributed by atoms with Crippen molar-refractivity contribution in [1.29, 1.82) is 0 Å². The summed E-state index contributed by atoms with van der Waals surface area (Å²) in [7, 11) is 0. The van der Waals surface area contributed by atoms with Crippen molar-refractivity contribution in [3.63, 3.8) is 0 Å². The molecular weight excluding hydrogens is 377 g/mol. The largest absolute Gasteiger partial charge is 0.416 e. The molecule has 0 aliphatic rings. The van der Waals surface area contributed by atoms with E-state index in [-0.39, 0.29) is 4.90 Å². The Morgan fingerprint density at radius 3 is 2.07 bits per heavy atom. The fourth-order valence-corrected chi connectivity index (χ4v) is 3.69. The first-order valence-corrected chi connectivity index (χ1v) is 8.77. The van der Waals surface area contributed by atoms with E-state index in [4.69, 9.17) is 0 Å². The van der Waals surface area contributed by atoms with Gasteiger partial charge in [-0.1, -0.05) is 11.8 Å². The van der Waals surface area contributed by atoms with E-state index in [2.05, 4.69) is 4.57 Å². The molecule has 8 heteroatoms. The van der Waals surface area contributed by atoms with Crippen molar-refractivity contribution in [3.05, 3.63) is 81.7 Å². The molecule has 0 saturated carbocycles. The summed E-state index contributed by atoms with van der Waals surface area (Å²) in [4.78, 5) is 11.3. The van der Waals surface area contributed by atoms with Crippen LogP contribution in [-0.2, 0) is 6.18 Å². The van der Waals surface area contributed by atoms with E-state index in [1.54, 1.807) is 12.1 Å². The van der Waals surface area contributed by atoms with Gasteiger partial charge in [0.1, 0.15) is 0 Å². The first-order chi connectivity index (χ1) is 12.7. The summed E-state index contributed by atoms with van der Waals surface area (Å²) in [5.41, 5.74) is 1.50. The van der Waals surface area contributed by atoms with Gasteiger partial charge in [0.2, 0.25) is 0 Å². The maximum atomic E-state index is 12.8. The van der Waals surface area contributed by atoms with Crippen LogP contribution in [0.2, 0.25) is 0 Å². The van der Waals surface area contributed by atoms with E-state index >= 15 is 0 Å². The molecule has 3 aromatic rings. The summed E-state index contributed by atoms with van der Waals surface area (Å²) in [5, 5.41) is 11.2. The van der Waals surface area contributed by atoms with Crippen LogP contribution in [0.15, 0.2) is 64.4 Å². The minimum Gasteiger partial charge on any atom is -0.319 e. The van der Waals surface area contributed by atoms with E-state index in [0.29, 0.717) is 11.0 Å². The molecule has 0 aliphatic heterocycles. The topological polar surface area (TPSA) is 48.1 Å². The Morgan fingerprint density at radius 1 is 0.963 bits per heavy atom. The molecule has 0 fully saturated rings. The zero-order chi connectivity index (χ0) is 19.8. The van der Waals surface area contributed by atoms with Crippen molar-refractivity contribution >= 4 is 17.4 Å². The minimum atomic E-state index is -4.62. The monoisotopic (exact) mass is 392 g/mol. The van der Waals surface area contributed by atoms with Crippen LogP contribution in [0.5, 0.6) is 0 Å². The molecule has 0 saturated heterocycles. The summed E-state index contributed by atoms with van der Waals surface area (Å²) < 4.78 is 40.5. The van der Waals surface area contributed by atoms with Gasteiger partial charge in [0.05, 0.1) is 15.4 Å². The number of nitrogens with zero attached hydrogens (tertiary/aromatic N) is 2. The van der Waals surface area contributed by atoms with Gasteiger partial charge in [-0.05, 0) is 62.4 Å². The molecule has 0 radical (unpaired) electrons. The second kappa shape index (κ2) is 7.11. The molecule has 0 amide bonds. The third-order valence-electron chi connectivity index (χ3n) is 4.08. The van der Waals surface area contributed by atoms with E-state index in [0.717, 1.165) is 41.0 Å². The third-order valence-corrected chi connectivity index (χ3v) is 5.15. The van der Waals surface area contributed by atoms with Crippen LogP contribution >= 0.6 is 11.8 Å². The van der Waals surface area contributed by atoms with E-state index < -0.39 is 22.4 Å². The Bertz CT molecular complexity index is 976. The molecule has 0 spiro atoms. The van der Waals surface area contributed by atoms with E-state index in [1.807, 2.05) is 38.1 Å². The van der Waals surface area contributed by atoms with Crippen LogP contribution < -0.4 is 0 Å². The Morgan fingerprint density at radius 2 is 1.56 bits per heavy atom. The molecule has 1 aromatic heterocycles. The third kappa shape index (κ3) is 4.00. The normalized spacial score (nSPS) is 11.6. The number of aryl methyl sites for hydroxylation is 2. The lowest BCUT2D eigenvalue weighted by Crippen LogP contribution is -2.05. The highest BCUT2D eigenvalue weighted by Gasteiger charge is 2.33. The van der Waals surface area contributed by atoms with Gasteiger partial charge in [-0.2, -0.15) is 13.2 Å². The van der Waals surface area contributed by atoms with Crippen LogP contribution in [0.4, 0.5) is 18.9 Å². The zero-order valence-corrected chi connectivity index (χ0v) is 15.3. The second-order valence-corrected chi connectivity index (χ2v) is 7.10. The maximum Gasteiger partial charge on any atom is 0.416 e. The molecule has 140 valence electrons. The van der Waals surface area contributed by atoms with Crippen molar-refractivity contribution in [2.75, 3.05) is 0 Å². The summed E-state index contributed by atoms with van der Waals surface area (Å²) >= 11 is 1.06. The van der Waals surface area contributed by atoms with Gasteiger partial charge < -0.3 is 4.57 Å². The van der Waals surface area contributed by atoms with Gasteiger partial charge in [-0.3, -0.25) is 10.1 Å². The Hall–Kier alpha value is -2.74. The van der Waals surface area contributed by atoms with Crippen molar-refractivity contribution in [1.82, 2.24) is 4.57 Å². The standard InChI is InChI=1S/C19H15F3N2O2S/c1-12-3-4-13(2)23(12)15-6-8-16(9-7-15)27-18-10-5-14(19(20,21)22)11-17(18)24(25)26/h3-11H,1-2H3. The predicted octanol–water partition coefficient (Wildman–Crippen LogP) is 6.17. The second-order valence-electron chi connectivity index (χ2n) is 5.98. The lowest BCUT2D eigenvalue weighted by atomic mass is 10.2. The number of halogens is 3. The van der Waals surface area contributed by atoms with E-state index in [1.165, 1.54) is 0 Å². The fraction of sp³-hybridized carbons (Fsp3) is 0.158. The highest BCUT2D eigenvalue weighted by atomic mass is 32.2. The lowest BCUT2D eigenvalue weighted by Gasteiger charge is -2.11. The molecule has 1 heterocycles. The quantitative estimate of drug-likeness (QED) is 0.394. The number of rotatable bonds is 4. The molecule has 0 N–H and O–H groups in total. The Kier molecular flexibility index (Phi) is 5.01. The van der Waals surface area contributed by atoms with Crippen molar-refractivity contribution in [3.8, 4) is 5.69 Å². The van der Waals surface area contributed by atoms with Crippen LogP contribution in [0, 0.1) is 24.0 Å². The van der Waals surface area contributed by atoms with Gasteiger partial charge >= 0.3 is 6.18 Å². The number of benzene rings is 2. The summed E-state index contributed by atoms with van der Waals surface area (Å²) in [5.74, 6) is 0. The summed E-state index contributed by atoms with van der Waals surface area (Å²) in [6.07, 6.45) is -4.62. The number of nitro benzene ring substituents is 1. The fourth-order valence-electron chi connectivity index (χ4n) is 2.79. The van der Waals surface area contributed by atoms with Crippen LogP contribution in [-0.4, -0.2) is 9.49 Å². The number of hydrogen-bond donors (Lipinski definition) is 0. The number of aromatic nitrogens is 1. The minimum absolute atomic E-state index is 0.161. The molecule has 27 heavy (non-hydrogen) atoms. The first-order valence-electron chi connectivity index (χ1n) is 7.95. The molecule has 0 atom stereocenters. The maximum absolute atomic E-state index is 12.8. The van der Waals surface area contributed by atoms with Crippen LogP contribution in [0.3, 0.4) is 0 Å². The predicted molar refractivity (Wildman–Crippen MR) is 97.5 cm³/mol. The van der Waals surface area contributed by atoms with Crippen molar-refractivity contribution in [2.24, 2.45) is 0 Å². The molecule has 0 unspecified atom stereocenters. The number of nitro groups is 1. The van der Waals surface area contributed by atoms with E-state index in [9.17, 15) is 23.3 Å². The Labute approximate surface area is 157 Å². The van der Waals surface area contributed by atoms with Gasteiger partial charge in [-0.25, -0.2) is 0 Å². The molecule has 2 aromatic carbocycles. The van der Waals surface area contributed by atoms with Gasteiger partial charge in [-0.15, -0.1) is 0 Å². The first kappa shape index (κ1) is 19.0. The summed E-state index contributed by atoms with van der Waals surface area (Å²) in [6, 6.07) is 13.9. The average molecular weight is 392 g/mol. The SMILES string of the molecule is Cc1ccc(C)n1-c1ccc(Sc2ccc(C(F)(F)F)cc2[N+](=O)[O-])cc1. The molecule has 3 rings (SSSR count). The number of alkyl halides is 3. The molecular formula is C19H15F3N2O2S. The lowest BCUT2D eigenvalue weighted by molar-refractivity contribution is -0.388. The average Bonchev–Trinajstić information content (AvgIpc) is 2.93. The van der Waals surface area contributed by atoms with Crippen molar-refractivity contribution < 1.29 is 18.1 Å². The highest BCUT2D eigenvalue weighted by molar-refractivity contribution is 7.99. The van der Waals surface area contributed by atoms with Gasteiger partial charge in [0.25, 0.3) is 5.69 Å². The zero-order valence-electron chi connectivity index (χ0n) is 14.4. The Balaban J connectivity index is 1.90. The van der Waals surface area contributed by atoms with Gasteiger partial charge in [0.15, 0.2) is 0 Å². The molecule has 0 aliphatic carbocycles. The van der Waals surface area contributed by atoms with Crippen LogP contribution in [0.25, 0.3) is 5.69 Å². The number of hydrogen-bond acceptors (Lipinski definition) is 3. The highest BCUT2D eigenvalue weighted by Crippen LogP contribution is 2.39. The van der Waals surface area contributed by atoms with Gasteiger partial charge in [0, 0.05) is 28.0 Å². The smallest absolute Gasteiger partial charge is 0.319 e.